The van der Waals surface area contributed by atoms with E-state index in [1.165, 1.54) is 17.0 Å². The van der Waals surface area contributed by atoms with Gasteiger partial charge in [0.25, 0.3) is 5.91 Å². The summed E-state index contributed by atoms with van der Waals surface area (Å²) in [7, 11) is 0. The van der Waals surface area contributed by atoms with Gasteiger partial charge in [0.15, 0.2) is 0 Å². The lowest BCUT2D eigenvalue weighted by molar-refractivity contribution is 0.0952. The third-order valence-electron chi connectivity index (χ3n) is 2.54. The second-order valence-corrected chi connectivity index (χ2v) is 3.86. The summed E-state index contributed by atoms with van der Waals surface area (Å²) in [6.45, 7) is 4.04. The van der Waals surface area contributed by atoms with Gasteiger partial charge in [0, 0.05) is 18.3 Å². The van der Waals surface area contributed by atoms with E-state index in [1.807, 2.05) is 6.92 Å². The first-order chi connectivity index (χ1) is 8.61. The normalized spacial score (nSPS) is 10.4. The molecule has 0 radical (unpaired) electrons. The van der Waals surface area contributed by atoms with E-state index in [1.54, 1.807) is 25.1 Å². The fourth-order valence-electron chi connectivity index (χ4n) is 1.66. The summed E-state index contributed by atoms with van der Waals surface area (Å²) in [4.78, 5) is 13.7. The Bertz CT molecular complexity index is 548. The van der Waals surface area contributed by atoms with Gasteiger partial charge in [-0.2, -0.15) is 0 Å². The largest absolute Gasteiger partial charge is 0.351 e. The smallest absolute Gasteiger partial charge is 0.296 e. The first kappa shape index (κ1) is 12.3. The summed E-state index contributed by atoms with van der Waals surface area (Å²) in [6.07, 6.45) is 0. The molecule has 0 unspecified atom stereocenters. The molecule has 0 spiro atoms. The second kappa shape index (κ2) is 5.00. The van der Waals surface area contributed by atoms with Crippen molar-refractivity contribution < 1.29 is 13.7 Å². The van der Waals surface area contributed by atoms with Crippen molar-refractivity contribution in [1.82, 2.24) is 5.16 Å². The molecule has 1 aromatic carbocycles. The van der Waals surface area contributed by atoms with E-state index in [4.69, 9.17) is 4.52 Å². The molecule has 0 N–H and O–H groups in total. The zero-order chi connectivity index (χ0) is 13.1. The third-order valence-corrected chi connectivity index (χ3v) is 2.54. The monoisotopic (exact) mass is 248 g/mol. The molecule has 0 bridgehead atoms. The molecule has 18 heavy (non-hydrogen) atoms. The quantitative estimate of drug-likeness (QED) is 0.839. The number of rotatable bonds is 3. The van der Waals surface area contributed by atoms with Gasteiger partial charge < -0.3 is 9.42 Å². The highest BCUT2D eigenvalue weighted by Gasteiger charge is 2.20. The van der Waals surface area contributed by atoms with Crippen molar-refractivity contribution in [3.05, 3.63) is 47.6 Å². The van der Waals surface area contributed by atoms with Crippen LogP contribution in [0.15, 0.2) is 34.9 Å². The molecular weight excluding hydrogens is 235 g/mol. The molecule has 0 fully saturated rings. The van der Waals surface area contributed by atoms with Crippen molar-refractivity contribution >= 4 is 11.6 Å². The Morgan fingerprint density at radius 1 is 1.39 bits per heavy atom. The fraction of sp³-hybridized carbons (Fsp3) is 0.231. The van der Waals surface area contributed by atoms with Crippen molar-refractivity contribution in [3.8, 4) is 0 Å². The molecule has 0 saturated heterocycles. The highest BCUT2D eigenvalue weighted by Crippen LogP contribution is 2.18. The Labute approximate surface area is 104 Å². The molecular formula is C13H13FN2O2. The van der Waals surface area contributed by atoms with E-state index in [0.717, 1.165) is 0 Å². The van der Waals surface area contributed by atoms with Crippen LogP contribution in [0, 0.1) is 12.7 Å². The highest BCUT2D eigenvalue weighted by molar-refractivity contribution is 6.04. The zero-order valence-corrected chi connectivity index (χ0v) is 10.2. The molecule has 0 saturated carbocycles. The van der Waals surface area contributed by atoms with Crippen molar-refractivity contribution in [2.75, 3.05) is 11.4 Å². The summed E-state index contributed by atoms with van der Waals surface area (Å²) in [5.74, 6) is -0.443. The zero-order valence-electron chi connectivity index (χ0n) is 10.2. The van der Waals surface area contributed by atoms with E-state index in [2.05, 4.69) is 5.16 Å². The average Bonchev–Trinajstić information content (AvgIpc) is 2.79. The van der Waals surface area contributed by atoms with Crippen LogP contribution in [0.25, 0.3) is 0 Å². The van der Waals surface area contributed by atoms with Crippen LogP contribution in [-0.2, 0) is 0 Å². The Hall–Kier alpha value is -2.17. The van der Waals surface area contributed by atoms with Gasteiger partial charge in [-0.1, -0.05) is 5.16 Å². The molecule has 1 aromatic heterocycles. The van der Waals surface area contributed by atoms with Gasteiger partial charge in [-0.05, 0) is 38.1 Å². The van der Waals surface area contributed by atoms with Gasteiger partial charge in [0.1, 0.15) is 5.82 Å². The van der Waals surface area contributed by atoms with E-state index in [-0.39, 0.29) is 17.5 Å². The Morgan fingerprint density at radius 2 is 2.06 bits per heavy atom. The number of carbonyl (C=O) groups is 1. The SMILES string of the molecule is CCN(C(=O)c1cc(C)no1)c1ccc(F)cc1. The lowest BCUT2D eigenvalue weighted by atomic mass is 10.2. The molecule has 94 valence electrons. The summed E-state index contributed by atoms with van der Waals surface area (Å²) >= 11 is 0. The minimum Gasteiger partial charge on any atom is -0.351 e. The van der Waals surface area contributed by atoms with E-state index in [9.17, 15) is 9.18 Å². The number of aromatic nitrogens is 1. The summed E-state index contributed by atoms with van der Waals surface area (Å²) in [5, 5.41) is 3.68. The van der Waals surface area contributed by atoms with Crippen LogP contribution in [0.5, 0.6) is 0 Å². The lowest BCUT2D eigenvalue weighted by Gasteiger charge is -2.19. The van der Waals surface area contributed by atoms with E-state index in [0.29, 0.717) is 17.9 Å². The van der Waals surface area contributed by atoms with Gasteiger partial charge in [-0.15, -0.1) is 0 Å². The van der Waals surface area contributed by atoms with E-state index < -0.39 is 0 Å². The molecule has 0 aliphatic carbocycles. The Kier molecular flexibility index (Phi) is 3.41. The van der Waals surface area contributed by atoms with Crippen LogP contribution in [0.3, 0.4) is 0 Å². The topological polar surface area (TPSA) is 46.3 Å². The Morgan fingerprint density at radius 3 is 2.56 bits per heavy atom. The summed E-state index contributed by atoms with van der Waals surface area (Å²) in [5.41, 5.74) is 1.27. The number of amides is 1. The maximum absolute atomic E-state index is 12.8. The first-order valence-electron chi connectivity index (χ1n) is 5.62. The van der Waals surface area contributed by atoms with E-state index >= 15 is 0 Å². The summed E-state index contributed by atoms with van der Waals surface area (Å²) < 4.78 is 17.8. The number of nitrogens with zero attached hydrogens (tertiary/aromatic N) is 2. The standard InChI is InChI=1S/C13H13FN2O2/c1-3-16(11-6-4-10(14)5-7-11)13(17)12-8-9(2)15-18-12/h4-8H,3H2,1-2H3. The number of carbonyl (C=O) groups excluding carboxylic acids is 1. The average molecular weight is 248 g/mol. The first-order valence-corrected chi connectivity index (χ1v) is 5.62. The molecule has 0 aliphatic heterocycles. The molecule has 0 atom stereocenters. The number of benzene rings is 1. The highest BCUT2D eigenvalue weighted by atomic mass is 19.1. The number of halogens is 1. The molecule has 0 aliphatic rings. The van der Waals surface area contributed by atoms with Gasteiger partial charge in [-0.25, -0.2) is 4.39 Å². The molecule has 2 aromatic rings. The molecule has 1 amide bonds. The van der Waals surface area contributed by atoms with Crippen LogP contribution >= 0.6 is 0 Å². The van der Waals surface area contributed by atoms with Gasteiger partial charge >= 0.3 is 0 Å². The van der Waals surface area contributed by atoms with Crippen molar-refractivity contribution in [2.24, 2.45) is 0 Å². The van der Waals surface area contributed by atoms with Crippen LogP contribution in [-0.4, -0.2) is 17.6 Å². The van der Waals surface area contributed by atoms with Crippen LogP contribution in [0.2, 0.25) is 0 Å². The predicted octanol–water partition coefficient (Wildman–Crippen LogP) is 2.79. The predicted molar refractivity (Wildman–Crippen MR) is 65.0 cm³/mol. The molecule has 5 heteroatoms. The van der Waals surface area contributed by atoms with Crippen LogP contribution in [0.1, 0.15) is 23.2 Å². The molecule has 2 rings (SSSR count). The molecule has 1 heterocycles. The van der Waals surface area contributed by atoms with Crippen LogP contribution in [0.4, 0.5) is 10.1 Å². The lowest BCUT2D eigenvalue weighted by Crippen LogP contribution is -2.30. The number of hydrogen-bond acceptors (Lipinski definition) is 3. The van der Waals surface area contributed by atoms with Crippen LogP contribution < -0.4 is 4.90 Å². The number of anilines is 1. The summed E-state index contributed by atoms with van der Waals surface area (Å²) in [6, 6.07) is 7.32. The maximum Gasteiger partial charge on any atom is 0.296 e. The Balaban J connectivity index is 2.28. The number of hydrogen-bond donors (Lipinski definition) is 0. The minimum absolute atomic E-state index is 0.179. The number of aryl methyl sites for hydroxylation is 1. The minimum atomic E-state index is -0.335. The molecule has 4 nitrogen and oxygen atoms in total. The van der Waals surface area contributed by atoms with Crippen molar-refractivity contribution in [1.29, 1.82) is 0 Å². The second-order valence-electron chi connectivity index (χ2n) is 3.86. The van der Waals surface area contributed by atoms with Crippen molar-refractivity contribution in [3.63, 3.8) is 0 Å². The maximum atomic E-state index is 12.8. The fourth-order valence-corrected chi connectivity index (χ4v) is 1.66. The van der Waals surface area contributed by atoms with Gasteiger partial charge in [0.05, 0.1) is 5.69 Å². The van der Waals surface area contributed by atoms with Gasteiger partial charge in [-0.3, -0.25) is 4.79 Å². The van der Waals surface area contributed by atoms with Gasteiger partial charge in [0.2, 0.25) is 5.76 Å². The third kappa shape index (κ3) is 2.40. The van der Waals surface area contributed by atoms with Crippen molar-refractivity contribution in [2.45, 2.75) is 13.8 Å².